The van der Waals surface area contributed by atoms with Gasteiger partial charge in [-0.1, -0.05) is 73.1 Å². The number of amides is 3. The Morgan fingerprint density at radius 1 is 0.939 bits per heavy atom. The maximum absolute atomic E-state index is 13.4. The van der Waals surface area contributed by atoms with Crippen molar-refractivity contribution in [2.24, 2.45) is 0 Å². The van der Waals surface area contributed by atoms with Gasteiger partial charge in [0.1, 0.15) is 11.0 Å². The van der Waals surface area contributed by atoms with Gasteiger partial charge in [-0.25, -0.2) is 0 Å². The van der Waals surface area contributed by atoms with Crippen LogP contribution < -0.4 is 5.32 Å². The van der Waals surface area contributed by atoms with E-state index in [4.69, 9.17) is 0 Å². The quantitative estimate of drug-likeness (QED) is 0.550. The maximum Gasteiger partial charge on any atom is 0.262 e. The summed E-state index contributed by atoms with van der Waals surface area (Å²) in [5.41, 5.74) is 1.50. The van der Waals surface area contributed by atoms with E-state index in [1.807, 2.05) is 30.3 Å². The summed E-state index contributed by atoms with van der Waals surface area (Å²) in [5, 5.41) is 12.6. The zero-order valence-electron chi connectivity index (χ0n) is 18.1. The van der Waals surface area contributed by atoms with Crippen molar-refractivity contribution in [3.05, 3.63) is 76.3 Å². The molecule has 3 amide bonds. The van der Waals surface area contributed by atoms with E-state index in [-0.39, 0.29) is 6.42 Å². The predicted molar refractivity (Wildman–Crippen MR) is 125 cm³/mol. The number of carbonyl (C=O) groups excluding carboxylic acids is 3. The van der Waals surface area contributed by atoms with Crippen molar-refractivity contribution in [1.29, 1.82) is 0 Å². The smallest absolute Gasteiger partial charge is 0.262 e. The Labute approximate surface area is 195 Å². The molecule has 0 saturated heterocycles. The number of hydrogen-bond donors (Lipinski definition) is 1. The van der Waals surface area contributed by atoms with Gasteiger partial charge >= 0.3 is 0 Å². The Morgan fingerprint density at radius 2 is 1.58 bits per heavy atom. The molecule has 2 aliphatic rings. The summed E-state index contributed by atoms with van der Waals surface area (Å²) < 4.78 is 0. The van der Waals surface area contributed by atoms with Crippen molar-refractivity contribution in [3.63, 3.8) is 0 Å². The van der Waals surface area contributed by atoms with Crippen LogP contribution >= 0.6 is 11.3 Å². The summed E-state index contributed by atoms with van der Waals surface area (Å²) >= 11 is 1.38. The van der Waals surface area contributed by atoms with Gasteiger partial charge in [-0.2, -0.15) is 0 Å². The van der Waals surface area contributed by atoms with Crippen LogP contribution in [0.2, 0.25) is 0 Å². The van der Waals surface area contributed by atoms with E-state index in [0.29, 0.717) is 22.2 Å². The summed E-state index contributed by atoms with van der Waals surface area (Å²) in [6.07, 6.45) is 6.02. The van der Waals surface area contributed by atoms with Crippen LogP contribution in [-0.4, -0.2) is 38.9 Å². The number of nitrogens with one attached hydrogen (secondary N) is 1. The molecule has 5 rings (SSSR count). The molecule has 8 heteroatoms. The number of fused-ring (bicyclic) bond motifs is 1. The highest BCUT2D eigenvalue weighted by Gasteiger charge is 2.42. The molecule has 1 N–H and O–H groups in total. The van der Waals surface area contributed by atoms with Crippen molar-refractivity contribution >= 4 is 34.2 Å². The number of nitrogens with zero attached hydrogens (tertiary/aromatic N) is 3. The number of benzene rings is 2. The number of hydrogen-bond acceptors (Lipinski definition) is 6. The van der Waals surface area contributed by atoms with Crippen LogP contribution in [0.3, 0.4) is 0 Å². The molecular formula is C25H24N4O3S. The van der Waals surface area contributed by atoms with Crippen molar-refractivity contribution in [2.75, 3.05) is 5.32 Å². The molecule has 1 fully saturated rings. The average molecular weight is 461 g/mol. The molecule has 33 heavy (non-hydrogen) atoms. The zero-order chi connectivity index (χ0) is 22.8. The van der Waals surface area contributed by atoms with Crippen molar-refractivity contribution in [3.8, 4) is 0 Å². The van der Waals surface area contributed by atoms with E-state index >= 15 is 0 Å². The normalized spacial score (nSPS) is 17.2. The molecule has 1 aliphatic heterocycles. The molecule has 7 nitrogen and oxygen atoms in total. The monoisotopic (exact) mass is 460 g/mol. The maximum atomic E-state index is 13.4. The van der Waals surface area contributed by atoms with E-state index in [9.17, 15) is 14.4 Å². The fraction of sp³-hybridized carbons (Fsp3) is 0.320. The molecule has 1 aromatic heterocycles. The van der Waals surface area contributed by atoms with Gasteiger partial charge in [-0.05, 0) is 30.5 Å². The lowest BCUT2D eigenvalue weighted by Crippen LogP contribution is -2.48. The lowest BCUT2D eigenvalue weighted by atomic mass is 9.90. The highest BCUT2D eigenvalue weighted by atomic mass is 32.1. The summed E-state index contributed by atoms with van der Waals surface area (Å²) in [6, 6.07) is 15.1. The molecule has 168 valence electrons. The predicted octanol–water partition coefficient (Wildman–Crippen LogP) is 4.43. The molecule has 1 atom stereocenters. The van der Waals surface area contributed by atoms with E-state index < -0.39 is 23.8 Å². The van der Waals surface area contributed by atoms with Crippen molar-refractivity contribution in [2.45, 2.75) is 50.5 Å². The summed E-state index contributed by atoms with van der Waals surface area (Å²) in [4.78, 5) is 40.7. The first kappa shape index (κ1) is 21.5. The fourth-order valence-corrected chi connectivity index (χ4v) is 5.53. The molecule has 0 bridgehead atoms. The first-order valence-corrected chi connectivity index (χ1v) is 12.1. The summed E-state index contributed by atoms with van der Waals surface area (Å²) in [5.74, 6) is -0.961. The molecule has 1 saturated carbocycles. The minimum atomic E-state index is -0.998. The van der Waals surface area contributed by atoms with Crippen LogP contribution in [0.25, 0.3) is 0 Å². The first-order chi connectivity index (χ1) is 16.1. The highest BCUT2D eigenvalue weighted by Crippen LogP contribution is 2.35. The summed E-state index contributed by atoms with van der Waals surface area (Å²) in [6.45, 7) is 0. The van der Waals surface area contributed by atoms with Crippen molar-refractivity contribution < 1.29 is 14.4 Å². The largest absolute Gasteiger partial charge is 0.299 e. The Morgan fingerprint density at radius 3 is 2.24 bits per heavy atom. The van der Waals surface area contributed by atoms with Crippen LogP contribution in [-0.2, 0) is 11.2 Å². The molecule has 0 radical (unpaired) electrons. The molecular weight excluding hydrogens is 436 g/mol. The molecule has 0 unspecified atom stereocenters. The fourth-order valence-electron chi connectivity index (χ4n) is 4.62. The van der Waals surface area contributed by atoms with E-state index in [2.05, 4.69) is 15.5 Å². The third kappa shape index (κ3) is 4.30. The Balaban J connectivity index is 1.40. The number of imide groups is 1. The van der Waals surface area contributed by atoms with Gasteiger partial charge in [0.25, 0.3) is 11.8 Å². The minimum absolute atomic E-state index is 0.215. The van der Waals surface area contributed by atoms with Gasteiger partial charge in [-0.3, -0.25) is 24.6 Å². The number of rotatable bonds is 6. The number of aromatic nitrogens is 2. The van der Waals surface area contributed by atoms with Gasteiger partial charge in [-0.15, -0.1) is 10.2 Å². The molecule has 0 spiro atoms. The number of anilines is 1. The van der Waals surface area contributed by atoms with Crippen LogP contribution in [0.15, 0.2) is 54.6 Å². The molecule has 2 aromatic carbocycles. The lowest BCUT2D eigenvalue weighted by Gasteiger charge is -2.25. The van der Waals surface area contributed by atoms with Crippen LogP contribution in [0.4, 0.5) is 5.13 Å². The SMILES string of the molecule is O=C(Nc1nnc(C2CCCCC2)s1)[C@H](Cc1ccccc1)N1C(=O)c2ccccc2C1=O. The standard InChI is InChI=1S/C25H24N4O3S/c30-21(26-25-28-27-22(33-25)17-11-5-2-6-12-17)20(15-16-9-3-1-4-10-16)29-23(31)18-13-7-8-14-19(18)24(29)32/h1,3-4,7-10,13-14,17,20H,2,5-6,11-12,15H2,(H,26,28,30)/t20-/m0/s1. The molecule has 3 aromatic rings. The van der Waals surface area contributed by atoms with E-state index in [1.54, 1.807) is 24.3 Å². The lowest BCUT2D eigenvalue weighted by molar-refractivity contribution is -0.119. The Hall–Kier alpha value is -3.39. The molecule has 2 heterocycles. The van der Waals surface area contributed by atoms with Gasteiger partial charge in [0.2, 0.25) is 11.0 Å². The second kappa shape index (κ2) is 9.23. The van der Waals surface area contributed by atoms with Gasteiger partial charge in [0.15, 0.2) is 0 Å². The second-order valence-corrected chi connectivity index (χ2v) is 9.51. The first-order valence-electron chi connectivity index (χ1n) is 11.3. The van der Waals surface area contributed by atoms with Crippen LogP contribution in [0.5, 0.6) is 0 Å². The number of carbonyl (C=O) groups is 3. The van der Waals surface area contributed by atoms with Crippen molar-refractivity contribution in [1.82, 2.24) is 15.1 Å². The Bertz CT molecular complexity index is 1150. The summed E-state index contributed by atoms with van der Waals surface area (Å²) in [7, 11) is 0. The van der Waals surface area contributed by atoms with Gasteiger partial charge in [0, 0.05) is 12.3 Å². The third-order valence-corrected chi connectivity index (χ3v) is 7.34. The van der Waals surface area contributed by atoms with Gasteiger partial charge < -0.3 is 0 Å². The zero-order valence-corrected chi connectivity index (χ0v) is 18.9. The highest BCUT2D eigenvalue weighted by molar-refractivity contribution is 7.15. The van der Waals surface area contributed by atoms with Gasteiger partial charge in [0.05, 0.1) is 11.1 Å². The van der Waals surface area contributed by atoms with E-state index in [0.717, 1.165) is 28.3 Å². The minimum Gasteiger partial charge on any atom is -0.299 e. The topological polar surface area (TPSA) is 92.3 Å². The second-order valence-electron chi connectivity index (χ2n) is 8.50. The van der Waals surface area contributed by atoms with Crippen LogP contribution in [0.1, 0.15) is 69.3 Å². The third-order valence-electron chi connectivity index (χ3n) is 6.34. The van der Waals surface area contributed by atoms with E-state index in [1.165, 1.54) is 30.6 Å². The average Bonchev–Trinajstić information content (AvgIpc) is 3.42. The van der Waals surface area contributed by atoms with Crippen LogP contribution in [0, 0.1) is 0 Å². The Kier molecular flexibility index (Phi) is 6.00. The molecule has 1 aliphatic carbocycles.